The van der Waals surface area contributed by atoms with Crippen molar-refractivity contribution >= 4 is 17.2 Å². The first-order valence-electron chi connectivity index (χ1n) is 4.76. The van der Waals surface area contributed by atoms with Gasteiger partial charge in [-0.2, -0.15) is 11.3 Å². The van der Waals surface area contributed by atoms with Gasteiger partial charge >= 0.3 is 0 Å². The molecule has 3 N–H and O–H groups in total. The molecule has 0 saturated heterocycles. The monoisotopic (exact) mass is 210 g/mol. The fraction of sp³-hybridized carbons (Fsp3) is 0.500. The highest BCUT2D eigenvalue weighted by Gasteiger charge is 2.35. The molecule has 4 heteroatoms. The Labute approximate surface area is 87.3 Å². The van der Waals surface area contributed by atoms with Crippen molar-refractivity contribution in [3.63, 3.8) is 0 Å². The van der Waals surface area contributed by atoms with Gasteiger partial charge in [-0.05, 0) is 35.7 Å². The molecular weight excluding hydrogens is 196 g/mol. The van der Waals surface area contributed by atoms with Crippen LogP contribution in [0.1, 0.15) is 24.8 Å². The number of nitrogens with one attached hydrogen (secondary N) is 1. The Kier molecular flexibility index (Phi) is 2.56. The number of rotatable bonds is 3. The van der Waals surface area contributed by atoms with Gasteiger partial charge in [0.05, 0.1) is 5.92 Å². The first kappa shape index (κ1) is 9.68. The molecule has 1 heterocycles. The fourth-order valence-electron chi connectivity index (χ4n) is 1.36. The predicted octanol–water partition coefficient (Wildman–Crippen LogP) is 1.07. The summed E-state index contributed by atoms with van der Waals surface area (Å²) in [6, 6.07) is 2.37. The van der Waals surface area contributed by atoms with Gasteiger partial charge in [0.15, 0.2) is 0 Å². The number of nitrogens with two attached hydrogens (primary N) is 1. The van der Waals surface area contributed by atoms with Gasteiger partial charge in [0.1, 0.15) is 0 Å². The molecule has 3 nitrogen and oxygen atoms in total. The number of carbonyl (C=O) groups excluding carboxylic acids is 1. The predicted molar refractivity (Wildman–Crippen MR) is 57.3 cm³/mol. The first-order valence-corrected chi connectivity index (χ1v) is 5.71. The molecule has 1 aliphatic rings. The second-order valence-corrected chi connectivity index (χ2v) is 4.57. The lowest BCUT2D eigenvalue weighted by molar-refractivity contribution is -0.122. The Bertz CT molecular complexity index is 323. The van der Waals surface area contributed by atoms with E-state index in [0.29, 0.717) is 0 Å². The van der Waals surface area contributed by atoms with Crippen LogP contribution in [0.25, 0.3) is 0 Å². The average molecular weight is 210 g/mol. The number of amides is 1. The number of thiophene rings is 1. The zero-order valence-corrected chi connectivity index (χ0v) is 8.88. The highest BCUT2D eigenvalue weighted by molar-refractivity contribution is 7.08. The third kappa shape index (κ3) is 1.96. The van der Waals surface area contributed by atoms with Gasteiger partial charge < -0.3 is 11.1 Å². The van der Waals surface area contributed by atoms with Crippen molar-refractivity contribution in [1.82, 2.24) is 5.32 Å². The van der Waals surface area contributed by atoms with E-state index in [0.717, 1.165) is 12.0 Å². The van der Waals surface area contributed by atoms with Gasteiger partial charge in [-0.15, -0.1) is 0 Å². The maximum Gasteiger partial charge on any atom is 0.227 e. The summed E-state index contributed by atoms with van der Waals surface area (Å²) in [7, 11) is 0. The van der Waals surface area contributed by atoms with Crippen LogP contribution < -0.4 is 11.1 Å². The largest absolute Gasteiger partial charge is 0.351 e. The Hall–Kier alpha value is -0.870. The Morgan fingerprint density at radius 2 is 2.50 bits per heavy atom. The van der Waals surface area contributed by atoms with Crippen molar-refractivity contribution in [2.75, 3.05) is 0 Å². The van der Waals surface area contributed by atoms with Crippen LogP contribution in [0.5, 0.6) is 0 Å². The van der Waals surface area contributed by atoms with E-state index in [1.165, 1.54) is 0 Å². The lowest BCUT2D eigenvalue weighted by Crippen LogP contribution is -2.32. The van der Waals surface area contributed by atoms with Crippen molar-refractivity contribution in [3.8, 4) is 0 Å². The summed E-state index contributed by atoms with van der Waals surface area (Å²) in [5.74, 6) is 0.0235. The van der Waals surface area contributed by atoms with Crippen molar-refractivity contribution in [3.05, 3.63) is 22.4 Å². The maximum absolute atomic E-state index is 11.7. The molecule has 2 rings (SSSR count). The smallest absolute Gasteiger partial charge is 0.227 e. The van der Waals surface area contributed by atoms with Crippen molar-refractivity contribution in [2.24, 2.45) is 5.73 Å². The van der Waals surface area contributed by atoms with Gasteiger partial charge in [0, 0.05) is 12.1 Å². The maximum atomic E-state index is 11.7. The van der Waals surface area contributed by atoms with Crippen LogP contribution in [0.3, 0.4) is 0 Å². The van der Waals surface area contributed by atoms with Crippen LogP contribution in [-0.2, 0) is 4.79 Å². The first-order chi connectivity index (χ1) is 6.68. The van der Waals surface area contributed by atoms with E-state index >= 15 is 0 Å². The third-order valence-corrected chi connectivity index (χ3v) is 3.31. The molecule has 3 unspecified atom stereocenters. The summed E-state index contributed by atoms with van der Waals surface area (Å²) < 4.78 is 0. The second-order valence-electron chi connectivity index (χ2n) is 3.79. The number of hydrogen-bond acceptors (Lipinski definition) is 3. The van der Waals surface area contributed by atoms with Crippen molar-refractivity contribution < 1.29 is 4.79 Å². The van der Waals surface area contributed by atoms with Gasteiger partial charge in [0.2, 0.25) is 5.91 Å². The number of hydrogen-bond donors (Lipinski definition) is 2. The Balaban J connectivity index is 1.91. The molecule has 1 aromatic rings. The molecule has 1 aromatic heterocycles. The van der Waals surface area contributed by atoms with Gasteiger partial charge in [-0.3, -0.25) is 4.79 Å². The number of carbonyl (C=O) groups is 1. The van der Waals surface area contributed by atoms with Crippen LogP contribution in [-0.4, -0.2) is 18.0 Å². The van der Waals surface area contributed by atoms with Crippen LogP contribution in [0.4, 0.5) is 0 Å². The minimum Gasteiger partial charge on any atom is -0.351 e. The van der Waals surface area contributed by atoms with Crippen LogP contribution in [0.15, 0.2) is 16.8 Å². The summed E-state index contributed by atoms with van der Waals surface area (Å²) in [6.45, 7) is 1.92. The highest BCUT2D eigenvalue weighted by atomic mass is 32.1. The standard InChI is InChI=1S/C10H14N2OS/c1-6(7-2-3-14-5-7)10(13)12-9-4-8(9)11/h2-3,5-6,8-9H,4,11H2,1H3,(H,12,13). The molecule has 1 saturated carbocycles. The molecule has 76 valence electrons. The van der Waals surface area contributed by atoms with E-state index in [4.69, 9.17) is 5.73 Å². The average Bonchev–Trinajstić information content (AvgIpc) is 2.72. The molecule has 0 radical (unpaired) electrons. The van der Waals surface area contributed by atoms with Crippen LogP contribution in [0, 0.1) is 0 Å². The van der Waals surface area contributed by atoms with Gasteiger partial charge in [-0.25, -0.2) is 0 Å². The molecule has 3 atom stereocenters. The molecule has 0 aliphatic heterocycles. The Morgan fingerprint density at radius 3 is 3.00 bits per heavy atom. The molecule has 0 bridgehead atoms. The minimum absolute atomic E-state index is 0.0611. The lowest BCUT2D eigenvalue weighted by Gasteiger charge is -2.09. The second kappa shape index (κ2) is 3.71. The van der Waals surface area contributed by atoms with Gasteiger partial charge in [0.25, 0.3) is 0 Å². The summed E-state index contributed by atoms with van der Waals surface area (Å²) in [6.07, 6.45) is 0.919. The Morgan fingerprint density at radius 1 is 1.79 bits per heavy atom. The van der Waals surface area contributed by atoms with E-state index in [-0.39, 0.29) is 23.9 Å². The topological polar surface area (TPSA) is 55.1 Å². The van der Waals surface area contributed by atoms with Crippen molar-refractivity contribution in [1.29, 1.82) is 0 Å². The zero-order valence-electron chi connectivity index (χ0n) is 8.07. The summed E-state index contributed by atoms with van der Waals surface area (Å²) >= 11 is 1.62. The summed E-state index contributed by atoms with van der Waals surface area (Å²) in [5, 5.41) is 6.93. The third-order valence-electron chi connectivity index (χ3n) is 2.60. The van der Waals surface area contributed by atoms with Crippen LogP contribution >= 0.6 is 11.3 Å². The fourth-order valence-corrected chi connectivity index (χ4v) is 2.12. The molecule has 1 amide bonds. The normalized spacial score (nSPS) is 27.0. The summed E-state index contributed by atoms with van der Waals surface area (Å²) in [5.41, 5.74) is 6.71. The minimum atomic E-state index is -0.0611. The van der Waals surface area contributed by atoms with E-state index in [1.54, 1.807) is 11.3 Å². The summed E-state index contributed by atoms with van der Waals surface area (Å²) in [4.78, 5) is 11.7. The van der Waals surface area contributed by atoms with Crippen LogP contribution in [0.2, 0.25) is 0 Å². The molecular formula is C10H14N2OS. The van der Waals surface area contributed by atoms with E-state index in [2.05, 4.69) is 5.32 Å². The van der Waals surface area contributed by atoms with E-state index in [1.807, 2.05) is 23.8 Å². The quantitative estimate of drug-likeness (QED) is 0.784. The SMILES string of the molecule is CC(C(=O)NC1CC1N)c1ccsc1. The van der Waals surface area contributed by atoms with E-state index in [9.17, 15) is 4.79 Å². The zero-order chi connectivity index (χ0) is 10.1. The molecule has 14 heavy (non-hydrogen) atoms. The molecule has 1 aliphatic carbocycles. The highest BCUT2D eigenvalue weighted by Crippen LogP contribution is 2.22. The van der Waals surface area contributed by atoms with E-state index < -0.39 is 0 Å². The molecule has 0 aromatic carbocycles. The van der Waals surface area contributed by atoms with Gasteiger partial charge in [-0.1, -0.05) is 0 Å². The lowest BCUT2D eigenvalue weighted by atomic mass is 10.0. The van der Waals surface area contributed by atoms with Crippen molar-refractivity contribution in [2.45, 2.75) is 31.3 Å². The molecule has 0 spiro atoms. The molecule has 1 fully saturated rings.